The fraction of sp³-hybridized carbons (Fsp3) is 0.625. The number of piperidine rings is 2. The van der Waals surface area contributed by atoms with E-state index < -0.39 is 0 Å². The molecule has 2 fully saturated rings. The molecule has 2 aliphatic heterocycles. The maximum Gasteiger partial charge on any atom is 0.261 e. The largest absolute Gasteiger partial charge is 0.366 e. The highest BCUT2D eigenvalue weighted by molar-refractivity contribution is 7.20. The molecule has 3 unspecified atom stereocenters. The Kier molecular flexibility index (Phi) is 8.57. The van der Waals surface area contributed by atoms with Gasteiger partial charge in [0.2, 0.25) is 5.91 Å². The number of unbranched alkanes of at least 4 members (excludes halogenated alkanes) is 1. The normalized spacial score (nSPS) is 24.2. The van der Waals surface area contributed by atoms with Crippen LogP contribution in [0.4, 0.5) is 0 Å². The van der Waals surface area contributed by atoms with Gasteiger partial charge in [-0.3, -0.25) is 19.9 Å². The van der Waals surface area contributed by atoms with Crippen LogP contribution in [0.15, 0.2) is 24.5 Å². The summed E-state index contributed by atoms with van der Waals surface area (Å²) in [5, 5.41) is 7.30. The standard InChI is InChI=1S/C24H33ClN4O3S/c1-32-23-19(13-18(25)14-28-23)24(31)29-10-6-16(7-11-29)4-2-3-8-27-22(30)20-12-17-5-9-26-15-21(17)33-20/h5,9,12,15-16,18-19,23,28H,2-4,6-8,10-11,13-14H2,1H3,(H,27,30). The van der Waals surface area contributed by atoms with Crippen LogP contribution in [0.3, 0.4) is 0 Å². The highest BCUT2D eigenvalue weighted by Gasteiger charge is 2.37. The first-order valence-corrected chi connectivity index (χ1v) is 13.1. The van der Waals surface area contributed by atoms with Gasteiger partial charge in [0.25, 0.3) is 5.91 Å². The molecule has 3 atom stereocenters. The first kappa shape index (κ1) is 24.4. The van der Waals surface area contributed by atoms with E-state index in [1.165, 1.54) is 11.3 Å². The number of methoxy groups -OCH3 is 1. The summed E-state index contributed by atoms with van der Waals surface area (Å²) in [5.74, 6) is 0.596. The number of pyridine rings is 1. The molecule has 2 amide bonds. The first-order chi connectivity index (χ1) is 16.0. The topological polar surface area (TPSA) is 83.6 Å². The third kappa shape index (κ3) is 6.23. The number of nitrogens with one attached hydrogen (secondary N) is 2. The Morgan fingerprint density at radius 1 is 1.33 bits per heavy atom. The molecule has 9 heteroatoms. The number of amides is 2. The number of fused-ring (bicyclic) bond motifs is 1. The van der Waals surface area contributed by atoms with Crippen molar-refractivity contribution in [1.82, 2.24) is 20.5 Å². The van der Waals surface area contributed by atoms with E-state index in [-0.39, 0.29) is 29.3 Å². The van der Waals surface area contributed by atoms with Crippen molar-refractivity contribution < 1.29 is 14.3 Å². The van der Waals surface area contributed by atoms with Crippen molar-refractivity contribution in [3.05, 3.63) is 29.4 Å². The molecule has 33 heavy (non-hydrogen) atoms. The first-order valence-electron chi connectivity index (χ1n) is 11.9. The third-order valence-electron chi connectivity index (χ3n) is 6.78. The van der Waals surface area contributed by atoms with Crippen LogP contribution < -0.4 is 10.6 Å². The van der Waals surface area contributed by atoms with Crippen LogP contribution in [0.2, 0.25) is 0 Å². The van der Waals surface area contributed by atoms with Crippen LogP contribution in [0.25, 0.3) is 10.1 Å². The number of thiophene rings is 1. The van der Waals surface area contributed by atoms with Gasteiger partial charge in [0.05, 0.1) is 15.5 Å². The van der Waals surface area contributed by atoms with Gasteiger partial charge >= 0.3 is 0 Å². The van der Waals surface area contributed by atoms with Crippen LogP contribution in [-0.2, 0) is 9.53 Å². The minimum atomic E-state index is -0.246. The molecule has 0 saturated carbocycles. The summed E-state index contributed by atoms with van der Waals surface area (Å²) in [4.78, 5) is 32.2. The molecule has 2 N–H and O–H groups in total. The highest BCUT2D eigenvalue weighted by Crippen LogP contribution is 2.28. The second-order valence-corrected chi connectivity index (χ2v) is 10.7. The quantitative estimate of drug-likeness (QED) is 0.434. The Bertz CT molecular complexity index is 914. The molecule has 2 aromatic heterocycles. The summed E-state index contributed by atoms with van der Waals surface area (Å²) in [7, 11) is 1.64. The number of nitrogens with zero attached hydrogens (tertiary/aromatic N) is 2. The number of hydrogen-bond donors (Lipinski definition) is 2. The summed E-state index contributed by atoms with van der Waals surface area (Å²) < 4.78 is 6.51. The minimum Gasteiger partial charge on any atom is -0.366 e. The molecule has 2 aromatic rings. The van der Waals surface area contributed by atoms with Gasteiger partial charge in [-0.15, -0.1) is 22.9 Å². The lowest BCUT2D eigenvalue weighted by atomic mass is 9.89. The van der Waals surface area contributed by atoms with E-state index in [1.807, 2.05) is 17.0 Å². The molecule has 2 aliphatic rings. The molecule has 180 valence electrons. The fourth-order valence-electron chi connectivity index (χ4n) is 4.87. The summed E-state index contributed by atoms with van der Waals surface area (Å²) in [6.07, 6.45) is 9.23. The summed E-state index contributed by atoms with van der Waals surface area (Å²) >= 11 is 7.76. The monoisotopic (exact) mass is 492 g/mol. The number of carbonyl (C=O) groups excluding carboxylic acids is 2. The zero-order chi connectivity index (χ0) is 23.2. The average Bonchev–Trinajstić information content (AvgIpc) is 3.28. The van der Waals surface area contributed by atoms with Crippen LogP contribution in [0.5, 0.6) is 0 Å². The van der Waals surface area contributed by atoms with Crippen LogP contribution in [-0.4, -0.2) is 66.6 Å². The smallest absolute Gasteiger partial charge is 0.261 e. The molecule has 2 saturated heterocycles. The average molecular weight is 493 g/mol. The summed E-state index contributed by atoms with van der Waals surface area (Å²) in [5.41, 5.74) is 0. The van der Waals surface area contributed by atoms with Gasteiger partial charge in [0.1, 0.15) is 6.23 Å². The van der Waals surface area contributed by atoms with E-state index in [4.69, 9.17) is 16.3 Å². The summed E-state index contributed by atoms with van der Waals surface area (Å²) in [6, 6.07) is 3.86. The third-order valence-corrected chi connectivity index (χ3v) is 8.20. The van der Waals surface area contributed by atoms with E-state index in [0.29, 0.717) is 25.4 Å². The van der Waals surface area contributed by atoms with E-state index in [1.54, 1.807) is 19.5 Å². The molecule has 7 nitrogen and oxygen atoms in total. The number of ether oxygens (including phenoxy) is 1. The number of halogens is 1. The van der Waals surface area contributed by atoms with E-state index in [9.17, 15) is 9.59 Å². The molecule has 4 rings (SSSR count). The van der Waals surface area contributed by atoms with Gasteiger partial charge in [-0.25, -0.2) is 0 Å². The molecule has 4 heterocycles. The minimum absolute atomic E-state index is 0.00577. The van der Waals surface area contributed by atoms with Crippen LogP contribution >= 0.6 is 22.9 Å². The van der Waals surface area contributed by atoms with Crippen LogP contribution in [0, 0.1) is 11.8 Å². The van der Waals surface area contributed by atoms with Crippen molar-refractivity contribution in [1.29, 1.82) is 0 Å². The molecular formula is C24H33ClN4O3S. The number of likely N-dealkylation sites (tertiary alicyclic amines) is 1. The maximum absolute atomic E-state index is 13.0. The van der Waals surface area contributed by atoms with Gasteiger partial charge in [-0.05, 0) is 49.1 Å². The molecule has 0 aliphatic carbocycles. The molecule has 0 spiro atoms. The molecule has 0 bridgehead atoms. The van der Waals surface area contributed by atoms with Crippen molar-refractivity contribution in [3.8, 4) is 0 Å². The number of aromatic nitrogens is 1. The lowest BCUT2D eigenvalue weighted by Gasteiger charge is -2.39. The highest BCUT2D eigenvalue weighted by atomic mass is 35.5. The Labute approximate surface area is 204 Å². The zero-order valence-corrected chi connectivity index (χ0v) is 20.7. The van der Waals surface area contributed by atoms with Crippen LogP contribution in [0.1, 0.15) is 48.2 Å². The molecule has 0 aromatic carbocycles. The second-order valence-electron chi connectivity index (χ2n) is 9.05. The zero-order valence-electron chi connectivity index (χ0n) is 19.1. The maximum atomic E-state index is 13.0. The van der Waals surface area contributed by atoms with Crippen molar-refractivity contribution in [2.75, 3.05) is 33.3 Å². The number of rotatable bonds is 8. The van der Waals surface area contributed by atoms with Gasteiger partial charge in [-0.2, -0.15) is 0 Å². The van der Waals surface area contributed by atoms with Crippen molar-refractivity contribution in [2.24, 2.45) is 11.8 Å². The van der Waals surface area contributed by atoms with Crippen molar-refractivity contribution in [3.63, 3.8) is 0 Å². The van der Waals surface area contributed by atoms with E-state index >= 15 is 0 Å². The van der Waals surface area contributed by atoms with Crippen molar-refractivity contribution >= 4 is 44.8 Å². The predicted octanol–water partition coefficient (Wildman–Crippen LogP) is 3.62. The SMILES string of the molecule is COC1NCC(Cl)CC1C(=O)N1CCC(CCCCNC(=O)c2cc3ccncc3s2)CC1. The number of carbonyl (C=O) groups is 2. The molecular weight excluding hydrogens is 460 g/mol. The van der Waals surface area contributed by atoms with Gasteiger partial charge in [0, 0.05) is 51.1 Å². The Hall–Kier alpha value is -1.74. The van der Waals surface area contributed by atoms with Gasteiger partial charge < -0.3 is 15.0 Å². The lowest BCUT2D eigenvalue weighted by Crippen LogP contribution is -2.54. The van der Waals surface area contributed by atoms with E-state index in [0.717, 1.165) is 60.2 Å². The Morgan fingerprint density at radius 3 is 2.91 bits per heavy atom. The van der Waals surface area contributed by atoms with E-state index in [2.05, 4.69) is 15.6 Å². The lowest BCUT2D eigenvalue weighted by molar-refractivity contribution is -0.144. The number of alkyl halides is 1. The fourth-order valence-corrected chi connectivity index (χ4v) is 6.09. The Morgan fingerprint density at radius 2 is 2.15 bits per heavy atom. The van der Waals surface area contributed by atoms with Gasteiger partial charge in [-0.1, -0.05) is 12.8 Å². The predicted molar refractivity (Wildman–Crippen MR) is 132 cm³/mol. The Balaban J connectivity index is 1.13. The number of hydrogen-bond acceptors (Lipinski definition) is 6. The summed E-state index contributed by atoms with van der Waals surface area (Å²) in [6.45, 7) is 2.98. The van der Waals surface area contributed by atoms with Gasteiger partial charge in [0.15, 0.2) is 0 Å². The second kappa shape index (κ2) is 11.6. The van der Waals surface area contributed by atoms with Crippen molar-refractivity contribution in [2.45, 2.75) is 50.1 Å². The molecule has 0 radical (unpaired) electrons.